The third-order valence-corrected chi connectivity index (χ3v) is 5.32. The Hall–Kier alpha value is -0.0800. The number of piperazine rings is 1. The van der Waals surface area contributed by atoms with E-state index in [1.165, 1.54) is 45.3 Å². The van der Waals surface area contributed by atoms with E-state index in [1.54, 1.807) is 0 Å². The van der Waals surface area contributed by atoms with Crippen molar-refractivity contribution in [1.29, 1.82) is 0 Å². The van der Waals surface area contributed by atoms with Crippen LogP contribution in [0.1, 0.15) is 39.5 Å². The summed E-state index contributed by atoms with van der Waals surface area (Å²) in [6.07, 6.45) is 5.84. The molecular weight excluding hydrogens is 196 g/mol. The van der Waals surface area contributed by atoms with E-state index >= 15 is 0 Å². The summed E-state index contributed by atoms with van der Waals surface area (Å²) in [5.41, 5.74) is 0. The zero-order valence-electron chi connectivity index (χ0n) is 10.8. The lowest BCUT2D eigenvalue weighted by molar-refractivity contribution is 0.109. The average molecular weight is 222 g/mol. The Morgan fingerprint density at radius 2 is 1.88 bits per heavy atom. The van der Waals surface area contributed by atoms with Crippen molar-refractivity contribution in [3.05, 3.63) is 0 Å². The summed E-state index contributed by atoms with van der Waals surface area (Å²) in [7, 11) is 0. The standard InChI is InChI=1S/C14H26N2/c1-10-3-6-14(11(10)2)16-8-7-15-13(9-16)12-4-5-12/h10-15H,3-9H2,1-2H3. The minimum atomic E-state index is 0.817. The van der Waals surface area contributed by atoms with E-state index in [9.17, 15) is 0 Å². The highest BCUT2D eigenvalue weighted by molar-refractivity contribution is 4.95. The molecule has 0 aromatic heterocycles. The SMILES string of the molecule is CC1CCC(N2CCNC(C3CC3)C2)C1C. The molecule has 0 bridgehead atoms. The van der Waals surface area contributed by atoms with Gasteiger partial charge in [-0.3, -0.25) is 4.90 Å². The fourth-order valence-corrected chi connectivity index (χ4v) is 3.77. The van der Waals surface area contributed by atoms with Crippen molar-refractivity contribution in [2.75, 3.05) is 19.6 Å². The minimum Gasteiger partial charge on any atom is -0.311 e. The molecule has 0 aromatic carbocycles. The Kier molecular flexibility index (Phi) is 2.97. The topological polar surface area (TPSA) is 15.3 Å². The zero-order chi connectivity index (χ0) is 11.1. The van der Waals surface area contributed by atoms with Gasteiger partial charge in [0.05, 0.1) is 0 Å². The molecule has 1 aliphatic heterocycles. The molecule has 0 aromatic rings. The number of nitrogens with one attached hydrogen (secondary N) is 1. The Labute approximate surface area is 99.8 Å². The maximum Gasteiger partial charge on any atom is 0.0223 e. The van der Waals surface area contributed by atoms with E-state index in [0.29, 0.717) is 0 Å². The first-order chi connectivity index (χ1) is 7.75. The van der Waals surface area contributed by atoms with E-state index in [4.69, 9.17) is 0 Å². The van der Waals surface area contributed by atoms with E-state index in [-0.39, 0.29) is 0 Å². The molecule has 4 unspecified atom stereocenters. The summed E-state index contributed by atoms with van der Waals surface area (Å²) >= 11 is 0. The first-order valence-corrected chi connectivity index (χ1v) is 7.23. The molecule has 1 N–H and O–H groups in total. The maximum atomic E-state index is 3.72. The van der Waals surface area contributed by atoms with Crippen LogP contribution in [0.5, 0.6) is 0 Å². The van der Waals surface area contributed by atoms with Gasteiger partial charge in [0.2, 0.25) is 0 Å². The summed E-state index contributed by atoms with van der Waals surface area (Å²) in [6, 6.07) is 1.70. The van der Waals surface area contributed by atoms with E-state index < -0.39 is 0 Å². The van der Waals surface area contributed by atoms with Gasteiger partial charge >= 0.3 is 0 Å². The molecule has 3 fully saturated rings. The van der Waals surface area contributed by atoms with Gasteiger partial charge in [-0.25, -0.2) is 0 Å². The molecular formula is C14H26N2. The van der Waals surface area contributed by atoms with Gasteiger partial charge in [-0.15, -0.1) is 0 Å². The normalized spacial score (nSPS) is 46.1. The molecule has 4 atom stereocenters. The van der Waals surface area contributed by atoms with Gasteiger partial charge in [-0.05, 0) is 43.4 Å². The van der Waals surface area contributed by atoms with Gasteiger partial charge in [0.15, 0.2) is 0 Å². The second-order valence-corrected chi connectivity index (χ2v) is 6.37. The molecule has 1 saturated heterocycles. The van der Waals surface area contributed by atoms with E-state index in [1.807, 2.05) is 0 Å². The van der Waals surface area contributed by atoms with Crippen LogP contribution in [0, 0.1) is 17.8 Å². The molecule has 16 heavy (non-hydrogen) atoms. The molecule has 0 spiro atoms. The molecule has 2 aliphatic carbocycles. The zero-order valence-corrected chi connectivity index (χ0v) is 10.8. The summed E-state index contributed by atoms with van der Waals surface area (Å²) in [6.45, 7) is 8.73. The van der Waals surface area contributed by atoms with Crippen molar-refractivity contribution in [3.8, 4) is 0 Å². The number of rotatable bonds is 2. The van der Waals surface area contributed by atoms with Crippen molar-refractivity contribution in [2.45, 2.75) is 51.6 Å². The molecule has 3 rings (SSSR count). The highest BCUT2D eigenvalue weighted by Gasteiger charge is 2.39. The first kappa shape index (κ1) is 11.0. The number of nitrogens with zero attached hydrogens (tertiary/aromatic N) is 1. The van der Waals surface area contributed by atoms with Crippen molar-refractivity contribution >= 4 is 0 Å². The van der Waals surface area contributed by atoms with E-state index in [0.717, 1.165) is 29.8 Å². The van der Waals surface area contributed by atoms with Crippen LogP contribution in [-0.2, 0) is 0 Å². The Morgan fingerprint density at radius 1 is 1.06 bits per heavy atom. The Bertz CT molecular complexity index is 249. The van der Waals surface area contributed by atoms with Crippen LogP contribution in [0.4, 0.5) is 0 Å². The van der Waals surface area contributed by atoms with Gasteiger partial charge in [0, 0.05) is 31.7 Å². The van der Waals surface area contributed by atoms with Gasteiger partial charge in [-0.1, -0.05) is 13.8 Å². The van der Waals surface area contributed by atoms with Crippen LogP contribution in [0.3, 0.4) is 0 Å². The fraction of sp³-hybridized carbons (Fsp3) is 1.00. The van der Waals surface area contributed by atoms with Crippen LogP contribution in [0.25, 0.3) is 0 Å². The van der Waals surface area contributed by atoms with Gasteiger partial charge in [0.1, 0.15) is 0 Å². The first-order valence-electron chi connectivity index (χ1n) is 7.23. The number of hydrogen-bond acceptors (Lipinski definition) is 2. The molecule has 2 heteroatoms. The predicted molar refractivity (Wildman–Crippen MR) is 67.4 cm³/mol. The summed E-state index contributed by atoms with van der Waals surface area (Å²) in [4.78, 5) is 2.80. The molecule has 3 aliphatic rings. The van der Waals surface area contributed by atoms with Gasteiger partial charge in [0.25, 0.3) is 0 Å². The Balaban J connectivity index is 1.61. The summed E-state index contributed by atoms with van der Waals surface area (Å²) in [5.74, 6) is 2.87. The monoisotopic (exact) mass is 222 g/mol. The lowest BCUT2D eigenvalue weighted by atomic mass is 9.95. The second-order valence-electron chi connectivity index (χ2n) is 6.37. The third-order valence-electron chi connectivity index (χ3n) is 5.32. The summed E-state index contributed by atoms with van der Waals surface area (Å²) < 4.78 is 0. The van der Waals surface area contributed by atoms with Crippen molar-refractivity contribution < 1.29 is 0 Å². The molecule has 1 heterocycles. The smallest absolute Gasteiger partial charge is 0.0223 e. The van der Waals surface area contributed by atoms with Crippen molar-refractivity contribution in [2.24, 2.45) is 17.8 Å². The maximum absolute atomic E-state index is 3.72. The van der Waals surface area contributed by atoms with Crippen molar-refractivity contribution in [1.82, 2.24) is 10.2 Å². The molecule has 2 nitrogen and oxygen atoms in total. The van der Waals surface area contributed by atoms with Gasteiger partial charge < -0.3 is 5.32 Å². The average Bonchev–Trinajstić information content (AvgIpc) is 3.08. The van der Waals surface area contributed by atoms with Gasteiger partial charge in [-0.2, -0.15) is 0 Å². The largest absolute Gasteiger partial charge is 0.311 e. The second kappa shape index (κ2) is 4.30. The lowest BCUT2D eigenvalue weighted by Gasteiger charge is -2.39. The van der Waals surface area contributed by atoms with Crippen LogP contribution < -0.4 is 5.32 Å². The molecule has 0 radical (unpaired) electrons. The van der Waals surface area contributed by atoms with E-state index in [2.05, 4.69) is 24.1 Å². The minimum absolute atomic E-state index is 0.817. The highest BCUT2D eigenvalue weighted by Crippen LogP contribution is 2.38. The molecule has 2 saturated carbocycles. The number of hydrogen-bond donors (Lipinski definition) is 1. The quantitative estimate of drug-likeness (QED) is 0.770. The fourth-order valence-electron chi connectivity index (χ4n) is 3.77. The third kappa shape index (κ3) is 2.02. The highest BCUT2D eigenvalue weighted by atomic mass is 15.2. The Morgan fingerprint density at radius 3 is 2.50 bits per heavy atom. The van der Waals surface area contributed by atoms with Crippen LogP contribution in [0.2, 0.25) is 0 Å². The molecule has 92 valence electrons. The van der Waals surface area contributed by atoms with Crippen molar-refractivity contribution in [3.63, 3.8) is 0 Å². The predicted octanol–water partition coefficient (Wildman–Crippen LogP) is 2.10. The molecule has 0 amide bonds. The van der Waals surface area contributed by atoms with Crippen LogP contribution >= 0.6 is 0 Å². The summed E-state index contributed by atoms with van der Waals surface area (Å²) in [5, 5.41) is 3.72. The van der Waals surface area contributed by atoms with Crippen LogP contribution in [0.15, 0.2) is 0 Å². The van der Waals surface area contributed by atoms with Crippen LogP contribution in [-0.4, -0.2) is 36.6 Å². The lowest BCUT2D eigenvalue weighted by Crippen LogP contribution is -2.55.